The molecule has 0 bridgehead atoms. The van der Waals surface area contributed by atoms with Gasteiger partial charge in [-0.15, -0.1) is 0 Å². The van der Waals surface area contributed by atoms with E-state index in [0.29, 0.717) is 6.54 Å². The molecule has 2 aliphatic heterocycles. The van der Waals surface area contributed by atoms with E-state index in [0.717, 1.165) is 61.8 Å². The van der Waals surface area contributed by atoms with Gasteiger partial charge in [-0.1, -0.05) is 35.9 Å². The van der Waals surface area contributed by atoms with E-state index in [-0.39, 0.29) is 5.41 Å². The van der Waals surface area contributed by atoms with Crippen molar-refractivity contribution in [2.24, 2.45) is 10.4 Å². The number of anilines is 1. The Bertz CT molecular complexity index is 859. The van der Waals surface area contributed by atoms with E-state index in [1.807, 2.05) is 18.2 Å². The summed E-state index contributed by atoms with van der Waals surface area (Å²) in [4.78, 5) is 5.06. The number of ether oxygens (including phenoxy) is 1. The summed E-state index contributed by atoms with van der Waals surface area (Å²) in [6.45, 7) is 3.47. The molecule has 2 aromatic rings. The minimum Gasteiger partial charge on any atom is -0.384 e. The number of piperidine rings is 1. The Kier molecular flexibility index (Phi) is 6.00. The van der Waals surface area contributed by atoms with E-state index in [1.54, 1.807) is 7.11 Å². The van der Waals surface area contributed by atoms with Gasteiger partial charge in [-0.25, -0.2) is 0 Å². The molecule has 4 rings (SSSR count). The molecule has 1 saturated heterocycles. The molecular formula is C23H28ClN3O. The lowest BCUT2D eigenvalue weighted by molar-refractivity contribution is 0.202. The summed E-state index contributed by atoms with van der Waals surface area (Å²) in [5.41, 5.74) is 5.25. The summed E-state index contributed by atoms with van der Waals surface area (Å²) in [6, 6.07) is 14.5. The van der Waals surface area contributed by atoms with Crippen LogP contribution in [-0.2, 0) is 24.1 Å². The zero-order valence-electron chi connectivity index (χ0n) is 16.4. The number of amidine groups is 1. The van der Waals surface area contributed by atoms with Crippen LogP contribution in [-0.4, -0.2) is 32.6 Å². The second-order valence-corrected chi connectivity index (χ2v) is 8.25. The average molecular weight is 398 g/mol. The van der Waals surface area contributed by atoms with E-state index in [1.165, 1.54) is 16.8 Å². The lowest BCUT2D eigenvalue weighted by Crippen LogP contribution is -2.49. The molecule has 2 heterocycles. The normalized spacial score (nSPS) is 19.4. The van der Waals surface area contributed by atoms with Crippen molar-refractivity contribution in [1.29, 1.82) is 0 Å². The van der Waals surface area contributed by atoms with Crippen molar-refractivity contribution in [2.75, 3.05) is 32.1 Å². The molecular weight excluding hydrogens is 370 g/mol. The maximum atomic E-state index is 6.15. The molecule has 2 aliphatic rings. The number of halogens is 1. The first-order valence-corrected chi connectivity index (χ1v) is 10.4. The van der Waals surface area contributed by atoms with E-state index in [4.69, 9.17) is 21.3 Å². The topological polar surface area (TPSA) is 45.6 Å². The van der Waals surface area contributed by atoms with Gasteiger partial charge in [0, 0.05) is 23.2 Å². The van der Waals surface area contributed by atoms with Crippen LogP contribution in [0.15, 0.2) is 47.5 Å². The molecule has 0 aromatic heterocycles. The minimum absolute atomic E-state index is 0.0833. The molecule has 0 radical (unpaired) electrons. The molecule has 148 valence electrons. The molecule has 4 nitrogen and oxygen atoms in total. The highest BCUT2D eigenvalue weighted by atomic mass is 35.5. The fourth-order valence-electron chi connectivity index (χ4n) is 4.42. The quantitative estimate of drug-likeness (QED) is 0.782. The molecule has 2 N–H and O–H groups in total. The number of fused-ring (bicyclic) bond motifs is 1. The number of benzene rings is 2. The van der Waals surface area contributed by atoms with Gasteiger partial charge in [0.2, 0.25) is 0 Å². The molecule has 0 unspecified atom stereocenters. The SMILES string of the molecule is COCCc1cccc2c1CC1(CCNCC1)C(=NCc1cccc(Cl)c1)N2. The van der Waals surface area contributed by atoms with E-state index < -0.39 is 0 Å². The number of nitrogens with zero attached hydrogens (tertiary/aromatic N) is 1. The Morgan fingerprint density at radius 1 is 1.14 bits per heavy atom. The van der Waals surface area contributed by atoms with Crippen LogP contribution in [0.2, 0.25) is 5.02 Å². The smallest absolute Gasteiger partial charge is 0.108 e. The van der Waals surface area contributed by atoms with E-state index in [9.17, 15) is 0 Å². The number of methoxy groups -OCH3 is 1. The van der Waals surface area contributed by atoms with Crippen molar-refractivity contribution >= 4 is 23.1 Å². The van der Waals surface area contributed by atoms with Crippen molar-refractivity contribution in [3.63, 3.8) is 0 Å². The summed E-state index contributed by atoms with van der Waals surface area (Å²) in [5, 5.41) is 7.98. The summed E-state index contributed by atoms with van der Waals surface area (Å²) >= 11 is 6.15. The highest BCUT2D eigenvalue weighted by molar-refractivity contribution is 6.30. The zero-order chi connectivity index (χ0) is 19.4. The fourth-order valence-corrected chi connectivity index (χ4v) is 4.63. The van der Waals surface area contributed by atoms with Gasteiger partial charge in [0.1, 0.15) is 5.84 Å². The molecule has 28 heavy (non-hydrogen) atoms. The summed E-state index contributed by atoms with van der Waals surface area (Å²) < 4.78 is 5.33. The molecule has 5 heteroatoms. The first-order chi connectivity index (χ1) is 13.7. The number of hydrogen-bond donors (Lipinski definition) is 2. The summed E-state index contributed by atoms with van der Waals surface area (Å²) in [6.07, 6.45) is 4.20. The highest BCUT2D eigenvalue weighted by Crippen LogP contribution is 2.42. The third-order valence-electron chi connectivity index (χ3n) is 5.99. The molecule has 0 atom stereocenters. The Morgan fingerprint density at radius 2 is 1.96 bits per heavy atom. The van der Waals surface area contributed by atoms with Crippen LogP contribution in [0.4, 0.5) is 5.69 Å². The summed E-state index contributed by atoms with van der Waals surface area (Å²) in [7, 11) is 1.77. The second kappa shape index (κ2) is 8.64. The Balaban J connectivity index is 1.67. The number of nitrogens with one attached hydrogen (secondary N) is 2. The predicted octanol–water partition coefficient (Wildman–Crippen LogP) is 4.47. The third kappa shape index (κ3) is 4.09. The van der Waals surface area contributed by atoms with Gasteiger partial charge in [-0.2, -0.15) is 0 Å². The van der Waals surface area contributed by atoms with Gasteiger partial charge in [-0.3, -0.25) is 4.99 Å². The van der Waals surface area contributed by atoms with Gasteiger partial charge >= 0.3 is 0 Å². The molecule has 0 amide bonds. The van der Waals surface area contributed by atoms with Crippen molar-refractivity contribution < 1.29 is 4.74 Å². The van der Waals surface area contributed by atoms with Crippen LogP contribution in [0.1, 0.15) is 29.5 Å². The highest BCUT2D eigenvalue weighted by Gasteiger charge is 2.41. The molecule has 2 aromatic carbocycles. The van der Waals surface area contributed by atoms with Crippen LogP contribution in [0.3, 0.4) is 0 Å². The van der Waals surface area contributed by atoms with Gasteiger partial charge in [0.05, 0.1) is 13.2 Å². The van der Waals surface area contributed by atoms with Crippen molar-refractivity contribution in [3.8, 4) is 0 Å². The maximum absolute atomic E-state index is 6.15. The van der Waals surface area contributed by atoms with Crippen LogP contribution >= 0.6 is 11.6 Å². The molecule has 1 spiro atoms. The van der Waals surface area contributed by atoms with E-state index >= 15 is 0 Å². The van der Waals surface area contributed by atoms with Crippen LogP contribution in [0.5, 0.6) is 0 Å². The largest absolute Gasteiger partial charge is 0.384 e. The monoisotopic (exact) mass is 397 g/mol. The number of hydrogen-bond acceptors (Lipinski definition) is 3. The first kappa shape index (κ1) is 19.4. The molecule has 0 aliphatic carbocycles. The Hall–Kier alpha value is -1.88. The number of aliphatic imine (C=N–C) groups is 1. The van der Waals surface area contributed by atoms with Gasteiger partial charge < -0.3 is 15.4 Å². The van der Waals surface area contributed by atoms with E-state index in [2.05, 4.69) is 34.9 Å². The minimum atomic E-state index is 0.0833. The first-order valence-electron chi connectivity index (χ1n) is 10.1. The van der Waals surface area contributed by atoms with Crippen molar-refractivity contribution in [1.82, 2.24) is 5.32 Å². The van der Waals surface area contributed by atoms with Crippen molar-refractivity contribution in [2.45, 2.75) is 32.2 Å². The Morgan fingerprint density at radius 3 is 2.75 bits per heavy atom. The molecule has 1 fully saturated rings. The van der Waals surface area contributed by atoms with Crippen LogP contribution in [0.25, 0.3) is 0 Å². The average Bonchev–Trinajstić information content (AvgIpc) is 2.71. The second-order valence-electron chi connectivity index (χ2n) is 7.81. The molecule has 0 saturated carbocycles. The lowest BCUT2D eigenvalue weighted by Gasteiger charge is -2.43. The van der Waals surface area contributed by atoms with Crippen LogP contribution in [0, 0.1) is 5.41 Å². The maximum Gasteiger partial charge on any atom is 0.108 e. The zero-order valence-corrected chi connectivity index (χ0v) is 17.2. The van der Waals surface area contributed by atoms with Crippen molar-refractivity contribution in [3.05, 3.63) is 64.2 Å². The summed E-state index contributed by atoms with van der Waals surface area (Å²) in [5.74, 6) is 1.13. The third-order valence-corrected chi connectivity index (χ3v) is 6.22. The van der Waals surface area contributed by atoms with Gasteiger partial charge in [-0.05, 0) is 73.7 Å². The fraction of sp³-hybridized carbons (Fsp3) is 0.435. The standard InChI is InChI=1S/C23H28ClN3O/c1-28-13-8-18-5-3-7-21-20(18)15-23(9-11-25-12-10-23)22(27-21)26-16-17-4-2-6-19(24)14-17/h2-7,14,25H,8-13,15-16H2,1H3,(H,26,27). The number of rotatable bonds is 5. The van der Waals surface area contributed by atoms with Gasteiger partial charge in [0.15, 0.2) is 0 Å². The lowest BCUT2D eigenvalue weighted by atomic mass is 9.70. The Labute approximate surface area is 172 Å². The van der Waals surface area contributed by atoms with Gasteiger partial charge in [0.25, 0.3) is 0 Å². The van der Waals surface area contributed by atoms with Crippen LogP contribution < -0.4 is 10.6 Å². The predicted molar refractivity (Wildman–Crippen MR) is 116 cm³/mol.